The number of carbonyl (C=O) groups excluding carboxylic acids is 2. The van der Waals surface area contributed by atoms with E-state index in [-0.39, 0.29) is 52.6 Å². The second-order valence-corrected chi connectivity index (χ2v) is 18.7. The van der Waals surface area contributed by atoms with E-state index >= 15 is 0 Å². The summed E-state index contributed by atoms with van der Waals surface area (Å²) < 4.78 is 0. The summed E-state index contributed by atoms with van der Waals surface area (Å²) in [5.41, 5.74) is -2.37. The third-order valence-electron chi connectivity index (χ3n) is 12.6. The van der Waals surface area contributed by atoms with E-state index in [2.05, 4.69) is 65.5 Å². The van der Waals surface area contributed by atoms with Crippen molar-refractivity contribution >= 4 is 11.9 Å². The Morgan fingerprint density at radius 1 is 0.583 bits per heavy atom. The number of nitrogens with zero attached hydrogens (tertiary/aromatic N) is 2. The summed E-state index contributed by atoms with van der Waals surface area (Å²) in [6.45, 7) is 18.0. The second-order valence-electron chi connectivity index (χ2n) is 18.7. The number of hydrogen-bond donors (Lipinski definition) is 0. The normalized spacial score (nSPS) is 26.4. The summed E-state index contributed by atoms with van der Waals surface area (Å²) >= 11 is 0. The van der Waals surface area contributed by atoms with Crippen molar-refractivity contribution in [1.29, 1.82) is 0 Å². The van der Waals surface area contributed by atoms with Gasteiger partial charge in [-0.3, -0.25) is 9.68 Å². The number of carbonyl (C=O) groups is 2. The van der Waals surface area contributed by atoms with Gasteiger partial charge in [0.05, 0.1) is 12.2 Å². The number of aliphatic carboxylic acids is 2. The maximum Gasteiger partial charge on any atom is 0.0793 e. The number of piperidine rings is 2. The van der Waals surface area contributed by atoms with E-state index in [4.69, 9.17) is 9.68 Å². The Bertz CT molecular complexity index is 962. The minimum Gasteiger partial charge on any atom is -0.550 e. The molecule has 2 saturated heterocycles. The molecule has 2 aliphatic carbocycles. The molecule has 0 atom stereocenters. The zero-order chi connectivity index (χ0) is 35.4. The van der Waals surface area contributed by atoms with Gasteiger partial charge in [-0.05, 0) is 138 Å². The van der Waals surface area contributed by atoms with E-state index in [1.165, 1.54) is 38.5 Å². The predicted octanol–water partition coefficient (Wildman–Crippen LogP) is 7.27. The molecule has 4 rings (SSSR count). The van der Waals surface area contributed by atoms with E-state index in [0.717, 1.165) is 77.0 Å². The van der Waals surface area contributed by atoms with Crippen LogP contribution in [0.25, 0.3) is 0 Å². The number of unbranched alkanes of at least 4 members (excludes halogenated alkanes) is 4. The van der Waals surface area contributed by atoms with Crippen LogP contribution in [0.5, 0.6) is 0 Å². The highest BCUT2D eigenvalue weighted by Crippen LogP contribution is 2.58. The monoisotopic (exact) mass is 675 g/mol. The van der Waals surface area contributed by atoms with Gasteiger partial charge in [0.25, 0.3) is 0 Å². The topological polar surface area (TPSA) is 105 Å². The quantitative estimate of drug-likeness (QED) is 0.167. The van der Waals surface area contributed by atoms with Crippen LogP contribution in [0, 0.1) is 17.3 Å². The van der Waals surface area contributed by atoms with Crippen LogP contribution in [0.15, 0.2) is 0 Å². The molecule has 0 N–H and O–H groups in total. The van der Waals surface area contributed by atoms with Crippen LogP contribution >= 0.6 is 0 Å². The predicted molar refractivity (Wildman–Crippen MR) is 186 cm³/mol. The van der Waals surface area contributed by atoms with Gasteiger partial charge in [-0.15, -0.1) is 0 Å². The van der Waals surface area contributed by atoms with Gasteiger partial charge >= 0.3 is 0 Å². The Morgan fingerprint density at radius 3 is 1.29 bits per heavy atom. The molecule has 4 fully saturated rings. The molecule has 2 saturated carbocycles. The highest BCUT2D eigenvalue weighted by Gasteiger charge is 2.59. The van der Waals surface area contributed by atoms with Crippen molar-refractivity contribution < 1.29 is 29.5 Å². The zero-order valence-corrected chi connectivity index (χ0v) is 32.0. The van der Waals surface area contributed by atoms with Gasteiger partial charge in [0.1, 0.15) is 0 Å². The number of hydroxylamine groups is 4. The van der Waals surface area contributed by atoms with E-state index in [9.17, 15) is 19.8 Å². The van der Waals surface area contributed by atoms with Crippen molar-refractivity contribution in [3.05, 3.63) is 0 Å². The Morgan fingerprint density at radius 2 is 0.938 bits per heavy atom. The molecule has 0 amide bonds. The summed E-state index contributed by atoms with van der Waals surface area (Å²) in [4.78, 5) is 38.6. The molecule has 2 aliphatic heterocycles. The molecule has 48 heavy (non-hydrogen) atoms. The van der Waals surface area contributed by atoms with Crippen LogP contribution in [0.2, 0.25) is 0 Å². The van der Waals surface area contributed by atoms with Crippen molar-refractivity contribution in [1.82, 2.24) is 10.1 Å². The lowest BCUT2D eigenvalue weighted by Gasteiger charge is -2.63. The standard InChI is InChI=1S/C40H72N2O6/c1-36(2)26-30(27-37(3,4)41(36)47-32-20-14-12-15-21-32)40(35(45)46,25-19-11-9-10-18-24-34(43)44)31-28-38(5,6)42(39(7,8)29-31)48-33-22-16-13-17-23-33/h30-33H,9-29H2,1-8H3,(H,43,44)(H,45,46)/p-2. The minimum absolute atomic E-state index is 0.0702. The molecule has 8 nitrogen and oxygen atoms in total. The van der Waals surface area contributed by atoms with Crippen LogP contribution in [0.4, 0.5) is 0 Å². The molecule has 0 spiro atoms. The Balaban J connectivity index is 1.63. The molecule has 0 bridgehead atoms. The van der Waals surface area contributed by atoms with Crippen molar-refractivity contribution in [3.8, 4) is 0 Å². The highest BCUT2D eigenvalue weighted by molar-refractivity contribution is 5.73. The fourth-order valence-corrected chi connectivity index (χ4v) is 10.9. The van der Waals surface area contributed by atoms with Gasteiger partial charge in [-0.1, -0.05) is 64.2 Å². The van der Waals surface area contributed by atoms with E-state index in [1.54, 1.807) is 0 Å². The second kappa shape index (κ2) is 16.0. The van der Waals surface area contributed by atoms with E-state index in [1.807, 2.05) is 0 Å². The fraction of sp³-hybridized carbons (Fsp3) is 0.950. The largest absolute Gasteiger partial charge is 0.550 e. The average molecular weight is 675 g/mol. The lowest BCUT2D eigenvalue weighted by molar-refractivity contribution is -0.351. The van der Waals surface area contributed by atoms with Crippen molar-refractivity contribution in [2.24, 2.45) is 17.3 Å². The molecule has 0 radical (unpaired) electrons. The lowest BCUT2D eigenvalue weighted by atomic mass is 9.52. The summed E-state index contributed by atoms with van der Waals surface area (Å²) in [6.07, 6.45) is 19.8. The molecule has 8 heteroatoms. The molecule has 0 aromatic carbocycles. The van der Waals surface area contributed by atoms with Gasteiger partial charge in [-0.2, -0.15) is 10.1 Å². The average Bonchev–Trinajstić information content (AvgIpc) is 2.98. The molecule has 0 aromatic heterocycles. The van der Waals surface area contributed by atoms with Crippen molar-refractivity contribution in [2.45, 2.75) is 225 Å². The zero-order valence-electron chi connectivity index (χ0n) is 32.0. The Hall–Kier alpha value is -1.22. The number of carboxylic acids is 2. The summed E-state index contributed by atoms with van der Waals surface area (Å²) in [6, 6.07) is 0. The third-order valence-corrected chi connectivity index (χ3v) is 12.6. The maximum absolute atomic E-state index is 14.0. The van der Waals surface area contributed by atoms with Crippen LogP contribution < -0.4 is 10.2 Å². The van der Waals surface area contributed by atoms with E-state index < -0.39 is 17.4 Å². The summed E-state index contributed by atoms with van der Waals surface area (Å²) in [5, 5.41) is 29.4. The summed E-state index contributed by atoms with van der Waals surface area (Å²) in [7, 11) is 0. The molecular weight excluding hydrogens is 604 g/mol. The van der Waals surface area contributed by atoms with Crippen molar-refractivity contribution in [2.75, 3.05) is 0 Å². The first kappa shape index (κ1) is 39.6. The van der Waals surface area contributed by atoms with Crippen LogP contribution in [0.1, 0.15) is 190 Å². The number of hydrogen-bond acceptors (Lipinski definition) is 8. The maximum atomic E-state index is 14.0. The van der Waals surface area contributed by atoms with Crippen molar-refractivity contribution in [3.63, 3.8) is 0 Å². The smallest absolute Gasteiger partial charge is 0.0793 e. The molecule has 0 aromatic rings. The first-order valence-electron chi connectivity index (χ1n) is 19.8. The third kappa shape index (κ3) is 9.36. The van der Waals surface area contributed by atoms with Crippen LogP contribution in [-0.4, -0.2) is 56.4 Å². The minimum atomic E-state index is -1.00. The summed E-state index contributed by atoms with van der Waals surface area (Å²) in [5.74, 6) is -2.03. The first-order valence-corrected chi connectivity index (χ1v) is 19.8. The molecule has 278 valence electrons. The lowest BCUT2D eigenvalue weighted by Crippen LogP contribution is -2.68. The fourth-order valence-electron chi connectivity index (χ4n) is 10.9. The van der Waals surface area contributed by atoms with Crippen LogP contribution in [0.3, 0.4) is 0 Å². The SMILES string of the molecule is CC1(C)CC(C(CCCCCCCC(=O)[O-])(C(=O)[O-])C2CC(C)(C)N(OC3CCCCC3)C(C)(C)C2)CC(C)(C)N1OC1CCCCC1. The number of rotatable bonds is 15. The van der Waals surface area contributed by atoms with Gasteiger partial charge in [-0.25, -0.2) is 0 Å². The first-order chi connectivity index (χ1) is 22.4. The highest BCUT2D eigenvalue weighted by atomic mass is 16.7. The van der Waals surface area contributed by atoms with Gasteiger partial charge in [0.15, 0.2) is 0 Å². The molecule has 0 unspecified atom stereocenters. The Labute approximate surface area is 293 Å². The van der Waals surface area contributed by atoms with E-state index in [0.29, 0.717) is 12.8 Å². The molecule has 2 heterocycles. The van der Waals surface area contributed by atoms with Gasteiger partial charge in [0.2, 0.25) is 0 Å². The molecule has 4 aliphatic rings. The van der Waals surface area contributed by atoms with Gasteiger partial charge < -0.3 is 19.8 Å². The van der Waals surface area contributed by atoms with Gasteiger partial charge in [0, 0.05) is 39.5 Å². The Kier molecular flexibility index (Phi) is 13.2. The molecular formula is C40H70N2O6-2. The number of carboxylic acid groups (broad SMARTS) is 2. The van der Waals surface area contributed by atoms with Crippen LogP contribution in [-0.2, 0) is 19.3 Å².